The Hall–Kier alpha value is -2.93. The van der Waals surface area contributed by atoms with Crippen molar-refractivity contribution in [2.75, 3.05) is 11.9 Å². The summed E-state index contributed by atoms with van der Waals surface area (Å²) in [5.74, 6) is 0.261. The molecule has 1 saturated carbocycles. The van der Waals surface area contributed by atoms with Crippen LogP contribution in [0.25, 0.3) is 5.69 Å². The zero-order valence-electron chi connectivity index (χ0n) is 15.3. The SMILES string of the molecule is O=C(Nc1nc2c(s1)CN(C(=O)c1ccc(-n3cccc3)cc1)CC2)C1CC1. The Morgan fingerprint density at radius 2 is 1.86 bits per heavy atom. The second-order valence-corrected chi connectivity index (χ2v) is 8.35. The summed E-state index contributed by atoms with van der Waals surface area (Å²) in [5, 5.41) is 3.58. The van der Waals surface area contributed by atoms with Gasteiger partial charge in [0.2, 0.25) is 5.91 Å². The van der Waals surface area contributed by atoms with Crippen LogP contribution in [-0.2, 0) is 17.8 Å². The summed E-state index contributed by atoms with van der Waals surface area (Å²) in [6.45, 7) is 1.19. The third-order valence-electron chi connectivity index (χ3n) is 5.21. The molecule has 2 amide bonds. The van der Waals surface area contributed by atoms with Crippen LogP contribution in [0.3, 0.4) is 0 Å². The van der Waals surface area contributed by atoms with Crippen molar-refractivity contribution in [1.29, 1.82) is 0 Å². The van der Waals surface area contributed by atoms with Crippen LogP contribution in [0.2, 0.25) is 0 Å². The number of nitrogens with one attached hydrogen (secondary N) is 1. The van der Waals surface area contributed by atoms with Crippen LogP contribution in [0.5, 0.6) is 0 Å². The summed E-state index contributed by atoms with van der Waals surface area (Å²) < 4.78 is 2.01. The van der Waals surface area contributed by atoms with Crippen molar-refractivity contribution in [3.63, 3.8) is 0 Å². The van der Waals surface area contributed by atoms with E-state index in [0.29, 0.717) is 23.8 Å². The lowest BCUT2D eigenvalue weighted by Gasteiger charge is -2.26. The van der Waals surface area contributed by atoms with Gasteiger partial charge in [0.1, 0.15) is 0 Å². The van der Waals surface area contributed by atoms with Gasteiger partial charge in [0, 0.05) is 47.4 Å². The summed E-state index contributed by atoms with van der Waals surface area (Å²) in [4.78, 5) is 32.3. The van der Waals surface area contributed by atoms with Gasteiger partial charge in [-0.3, -0.25) is 9.59 Å². The minimum atomic E-state index is 0.0293. The molecule has 142 valence electrons. The number of hydrogen-bond donors (Lipinski definition) is 1. The van der Waals surface area contributed by atoms with Crippen LogP contribution < -0.4 is 5.32 Å². The highest BCUT2D eigenvalue weighted by atomic mass is 32.1. The molecule has 1 aromatic carbocycles. The maximum atomic E-state index is 12.9. The lowest BCUT2D eigenvalue weighted by atomic mass is 10.1. The van der Waals surface area contributed by atoms with Crippen molar-refractivity contribution >= 4 is 28.3 Å². The Bertz CT molecular complexity index is 1020. The molecule has 28 heavy (non-hydrogen) atoms. The first-order chi connectivity index (χ1) is 13.7. The van der Waals surface area contributed by atoms with E-state index in [2.05, 4.69) is 10.3 Å². The molecule has 0 unspecified atom stereocenters. The van der Waals surface area contributed by atoms with Gasteiger partial charge in [0.15, 0.2) is 5.13 Å². The van der Waals surface area contributed by atoms with Crippen LogP contribution in [0.4, 0.5) is 5.13 Å². The largest absolute Gasteiger partial charge is 0.333 e. The molecule has 0 bridgehead atoms. The highest BCUT2D eigenvalue weighted by Gasteiger charge is 2.31. The topological polar surface area (TPSA) is 67.2 Å². The van der Waals surface area contributed by atoms with Crippen molar-refractivity contribution in [1.82, 2.24) is 14.5 Å². The van der Waals surface area contributed by atoms with Gasteiger partial charge in [-0.25, -0.2) is 4.98 Å². The number of carbonyl (C=O) groups excluding carboxylic acids is 2. The molecule has 3 heterocycles. The summed E-state index contributed by atoms with van der Waals surface area (Å²) in [7, 11) is 0. The monoisotopic (exact) mass is 392 g/mol. The predicted molar refractivity (Wildman–Crippen MR) is 108 cm³/mol. The Morgan fingerprint density at radius 1 is 1.11 bits per heavy atom. The van der Waals surface area contributed by atoms with Gasteiger partial charge in [0.05, 0.1) is 12.2 Å². The fourth-order valence-corrected chi connectivity index (χ4v) is 4.47. The van der Waals surface area contributed by atoms with E-state index in [1.165, 1.54) is 11.3 Å². The number of carbonyl (C=O) groups is 2. The van der Waals surface area contributed by atoms with Gasteiger partial charge in [-0.15, -0.1) is 0 Å². The van der Waals surface area contributed by atoms with Crippen LogP contribution in [0.1, 0.15) is 33.8 Å². The Labute approximate surface area is 166 Å². The van der Waals surface area contributed by atoms with Crippen molar-refractivity contribution in [3.05, 3.63) is 64.9 Å². The standard InChI is InChI=1S/C21H20N4O2S/c26-19(14-3-4-14)23-21-22-17-9-12-25(13-18(17)28-21)20(27)15-5-7-16(8-6-15)24-10-1-2-11-24/h1-2,5-8,10-11,14H,3-4,9,12-13H2,(H,22,23,26). The van der Waals surface area contributed by atoms with Crippen molar-refractivity contribution in [3.8, 4) is 5.69 Å². The van der Waals surface area contributed by atoms with Crippen LogP contribution >= 0.6 is 11.3 Å². The summed E-state index contributed by atoms with van der Waals surface area (Å²) in [6.07, 6.45) is 6.63. The van der Waals surface area contributed by atoms with E-state index in [4.69, 9.17) is 0 Å². The van der Waals surface area contributed by atoms with E-state index in [0.717, 1.165) is 35.5 Å². The maximum absolute atomic E-state index is 12.9. The Kier molecular flexibility index (Phi) is 4.24. The first-order valence-corrected chi connectivity index (χ1v) is 10.3. The van der Waals surface area contributed by atoms with Gasteiger partial charge in [-0.1, -0.05) is 11.3 Å². The molecule has 0 spiro atoms. The van der Waals surface area contributed by atoms with E-state index in [-0.39, 0.29) is 17.7 Å². The number of fused-ring (bicyclic) bond motifs is 1. The van der Waals surface area contributed by atoms with Crippen LogP contribution in [0, 0.1) is 5.92 Å². The van der Waals surface area contributed by atoms with Gasteiger partial charge in [0.25, 0.3) is 5.91 Å². The summed E-state index contributed by atoms with van der Waals surface area (Å²) in [6, 6.07) is 11.6. The molecule has 5 rings (SSSR count). The smallest absolute Gasteiger partial charge is 0.254 e. The average molecular weight is 392 g/mol. The van der Waals surface area contributed by atoms with E-state index >= 15 is 0 Å². The third-order valence-corrected chi connectivity index (χ3v) is 6.21. The molecular formula is C21H20N4O2S. The number of amides is 2. The predicted octanol–water partition coefficient (Wildman–Crippen LogP) is 3.48. The Balaban J connectivity index is 1.28. The van der Waals surface area contributed by atoms with E-state index in [1.54, 1.807) is 0 Å². The number of hydrogen-bond acceptors (Lipinski definition) is 4. The normalized spacial score (nSPS) is 15.9. The molecule has 0 atom stereocenters. The van der Waals surface area contributed by atoms with Crippen molar-refractivity contribution in [2.45, 2.75) is 25.8 Å². The zero-order valence-corrected chi connectivity index (χ0v) is 16.1. The first-order valence-electron chi connectivity index (χ1n) is 9.49. The minimum absolute atomic E-state index is 0.0293. The average Bonchev–Trinajstić information content (AvgIpc) is 3.28. The van der Waals surface area contributed by atoms with Gasteiger partial charge in [-0.05, 0) is 49.2 Å². The molecule has 1 fully saturated rings. The highest BCUT2D eigenvalue weighted by molar-refractivity contribution is 7.15. The molecule has 2 aromatic heterocycles. The van der Waals surface area contributed by atoms with Gasteiger partial charge in [-0.2, -0.15) is 0 Å². The second-order valence-electron chi connectivity index (χ2n) is 7.27. The minimum Gasteiger partial charge on any atom is -0.333 e. The number of nitrogens with zero attached hydrogens (tertiary/aromatic N) is 3. The van der Waals surface area contributed by atoms with E-state index in [9.17, 15) is 9.59 Å². The van der Waals surface area contributed by atoms with Crippen molar-refractivity contribution in [2.24, 2.45) is 5.92 Å². The number of anilines is 1. The summed E-state index contributed by atoms with van der Waals surface area (Å²) in [5.41, 5.74) is 2.72. The number of rotatable bonds is 4. The molecule has 3 aromatic rings. The molecular weight excluding hydrogens is 372 g/mol. The molecule has 2 aliphatic rings. The van der Waals surface area contributed by atoms with Crippen LogP contribution in [-0.4, -0.2) is 32.8 Å². The van der Waals surface area contributed by atoms with E-state index < -0.39 is 0 Å². The lowest BCUT2D eigenvalue weighted by Crippen LogP contribution is -2.35. The molecule has 0 radical (unpaired) electrons. The highest BCUT2D eigenvalue weighted by Crippen LogP contribution is 2.33. The van der Waals surface area contributed by atoms with Gasteiger partial charge < -0.3 is 14.8 Å². The number of aromatic nitrogens is 2. The fraction of sp³-hybridized carbons (Fsp3) is 0.286. The zero-order chi connectivity index (χ0) is 19.1. The summed E-state index contributed by atoms with van der Waals surface area (Å²) >= 11 is 1.49. The molecule has 6 nitrogen and oxygen atoms in total. The van der Waals surface area contributed by atoms with Gasteiger partial charge >= 0.3 is 0 Å². The number of benzene rings is 1. The third kappa shape index (κ3) is 3.33. The molecule has 7 heteroatoms. The first kappa shape index (κ1) is 17.2. The molecule has 1 aliphatic heterocycles. The van der Waals surface area contributed by atoms with Crippen LogP contribution in [0.15, 0.2) is 48.8 Å². The molecule has 0 saturated heterocycles. The molecule has 1 aliphatic carbocycles. The Morgan fingerprint density at radius 3 is 2.57 bits per heavy atom. The maximum Gasteiger partial charge on any atom is 0.254 e. The second kappa shape index (κ2) is 6.91. The van der Waals surface area contributed by atoms with E-state index in [1.807, 2.05) is 58.3 Å². The number of thiazole rings is 1. The molecule has 1 N–H and O–H groups in total. The lowest BCUT2D eigenvalue weighted by molar-refractivity contribution is -0.117. The quantitative estimate of drug-likeness (QED) is 0.739. The van der Waals surface area contributed by atoms with Crippen molar-refractivity contribution < 1.29 is 9.59 Å². The fourth-order valence-electron chi connectivity index (χ4n) is 3.44.